The van der Waals surface area contributed by atoms with Gasteiger partial charge in [0.2, 0.25) is 0 Å². The third-order valence-electron chi connectivity index (χ3n) is 12.0. The van der Waals surface area contributed by atoms with Crippen molar-refractivity contribution in [3.05, 3.63) is 47.0 Å². The first-order chi connectivity index (χ1) is 21.2. The molecule has 0 radical (unpaired) electrons. The van der Waals surface area contributed by atoms with Crippen LogP contribution < -0.4 is 0 Å². The van der Waals surface area contributed by atoms with E-state index in [0.29, 0.717) is 18.4 Å². The molecule has 4 aliphatic rings. The fourth-order valence-electron chi connectivity index (χ4n) is 9.38. The van der Waals surface area contributed by atoms with Crippen LogP contribution in [0.1, 0.15) is 78.6 Å². The minimum Gasteiger partial charge on any atom is -0.459 e. The van der Waals surface area contributed by atoms with Crippen LogP contribution >= 0.6 is 0 Å². The summed E-state index contributed by atoms with van der Waals surface area (Å²) in [7, 11) is -2.12. The van der Waals surface area contributed by atoms with Crippen molar-refractivity contribution in [2.75, 3.05) is 6.61 Å². The molecule has 2 bridgehead atoms. The van der Waals surface area contributed by atoms with E-state index in [1.54, 1.807) is 24.3 Å². The summed E-state index contributed by atoms with van der Waals surface area (Å²) in [6, 6.07) is 8.86. The molecule has 0 spiro atoms. The number of fused-ring (bicyclic) bond motifs is 5. The second-order valence-corrected chi connectivity index (χ2v) is 20.5. The molecule has 1 heterocycles. The average molecular weight is 657 g/mol. The number of aliphatic hydroxyl groups is 1. The number of esters is 3. The summed E-state index contributed by atoms with van der Waals surface area (Å²) >= 11 is 0. The Morgan fingerprint density at radius 1 is 0.957 bits per heavy atom. The Balaban J connectivity index is 1.86. The Morgan fingerprint density at radius 2 is 1.59 bits per heavy atom. The van der Waals surface area contributed by atoms with Crippen molar-refractivity contribution in [2.24, 2.45) is 28.1 Å². The van der Waals surface area contributed by atoms with E-state index in [-0.39, 0.29) is 18.6 Å². The lowest BCUT2D eigenvalue weighted by atomic mass is 9.40. The van der Waals surface area contributed by atoms with Crippen molar-refractivity contribution in [3.8, 4) is 0 Å². The molecule has 3 aliphatic carbocycles. The Morgan fingerprint density at radius 3 is 2.11 bits per heavy atom. The van der Waals surface area contributed by atoms with Gasteiger partial charge in [-0.3, -0.25) is 9.59 Å². The number of hydrogen-bond acceptors (Lipinski definition) is 9. The number of ether oxygens (including phenoxy) is 4. The molecule has 1 aliphatic heterocycles. The van der Waals surface area contributed by atoms with Gasteiger partial charge in [0.15, 0.2) is 13.9 Å². The van der Waals surface area contributed by atoms with Crippen molar-refractivity contribution in [2.45, 2.75) is 124 Å². The molecule has 9 nitrogen and oxygen atoms in total. The fourth-order valence-corrected chi connectivity index (χ4v) is 10.5. The largest absolute Gasteiger partial charge is 0.459 e. The quantitative estimate of drug-likeness (QED) is 0.174. The second kappa shape index (κ2) is 11.6. The molecule has 2 unspecified atom stereocenters. The molecular weight excluding hydrogens is 604 g/mol. The predicted octanol–water partition coefficient (Wildman–Crippen LogP) is 5.85. The van der Waals surface area contributed by atoms with Gasteiger partial charge in [0.05, 0.1) is 24.2 Å². The molecule has 1 N–H and O–H groups in total. The Hall–Kier alpha value is -2.53. The Kier molecular flexibility index (Phi) is 8.75. The molecule has 5 rings (SSSR count). The van der Waals surface area contributed by atoms with Crippen LogP contribution in [0.5, 0.6) is 0 Å². The maximum Gasteiger partial charge on any atom is 0.338 e. The highest BCUT2D eigenvalue weighted by Gasteiger charge is 2.77. The maximum atomic E-state index is 14.2. The van der Waals surface area contributed by atoms with Crippen molar-refractivity contribution in [1.82, 2.24) is 0 Å². The van der Waals surface area contributed by atoms with Crippen LogP contribution in [0.2, 0.25) is 19.6 Å². The SMILES string of the molecule is CC(=O)O[C@@H]1[C@H](O)C2=C(C)[C@@H](O[Si](C)(C)C)C[C@@](C)(C(OC(=O)c3ccccc3)C3[C@@]1(C)[C@@H](C)C[C@H]1OC[C@@]31OC(C)=O)C2(C)C. The Labute approximate surface area is 274 Å². The van der Waals surface area contributed by atoms with E-state index in [1.165, 1.54) is 13.8 Å². The van der Waals surface area contributed by atoms with E-state index >= 15 is 0 Å². The topological polar surface area (TPSA) is 118 Å². The van der Waals surface area contributed by atoms with Crippen molar-refractivity contribution < 1.29 is 42.9 Å². The van der Waals surface area contributed by atoms with E-state index in [2.05, 4.69) is 47.3 Å². The van der Waals surface area contributed by atoms with Gasteiger partial charge in [-0.05, 0) is 74.0 Å². The lowest BCUT2D eigenvalue weighted by molar-refractivity contribution is -0.353. The molecule has 1 saturated heterocycles. The smallest absolute Gasteiger partial charge is 0.338 e. The number of carbonyl (C=O) groups is 3. The second-order valence-electron chi connectivity index (χ2n) is 16.1. The molecule has 0 aromatic heterocycles. The number of aliphatic hydroxyl groups excluding tert-OH is 1. The molecule has 254 valence electrons. The van der Waals surface area contributed by atoms with Crippen LogP contribution in [-0.4, -0.2) is 74.1 Å². The van der Waals surface area contributed by atoms with Crippen molar-refractivity contribution in [1.29, 1.82) is 0 Å². The lowest BCUT2D eigenvalue weighted by Crippen LogP contribution is -2.80. The monoisotopic (exact) mass is 656 g/mol. The molecule has 1 aromatic carbocycles. The molecule has 3 fully saturated rings. The molecular formula is C36H52O9Si. The molecule has 2 saturated carbocycles. The summed E-state index contributed by atoms with van der Waals surface area (Å²) in [4.78, 5) is 40.0. The molecule has 1 aromatic rings. The van der Waals surface area contributed by atoms with Crippen molar-refractivity contribution in [3.63, 3.8) is 0 Å². The van der Waals surface area contributed by atoms with E-state index in [4.69, 9.17) is 23.4 Å². The standard InChI is InChI=1S/C36H52O9Si/c1-20-17-26-36(19-41-26,44-23(4)38)29-31(43-32(40)24-15-13-12-14-16-24)34(7)18-25(45-46(9,10)11)21(2)27(33(34,5)6)28(39)30(35(20,29)8)42-22(3)37/h12-16,20,25-26,28-31,39H,17-19H2,1-11H3/t20-,25-,26+,28+,29?,30+,31?,34-,35+,36-/m0/s1. The number of carbonyl (C=O) groups excluding carboxylic acids is 3. The molecule has 10 heteroatoms. The highest BCUT2D eigenvalue weighted by Crippen LogP contribution is 2.69. The first-order valence-electron chi connectivity index (χ1n) is 16.5. The third kappa shape index (κ3) is 5.27. The zero-order valence-corrected chi connectivity index (χ0v) is 30.3. The first kappa shape index (κ1) is 34.8. The summed E-state index contributed by atoms with van der Waals surface area (Å²) < 4.78 is 32.3. The third-order valence-corrected chi connectivity index (χ3v) is 13.0. The lowest BCUT2D eigenvalue weighted by Gasteiger charge is -2.70. The first-order valence-corrected chi connectivity index (χ1v) is 19.9. The zero-order valence-electron chi connectivity index (χ0n) is 29.3. The minimum atomic E-state index is -2.12. The molecule has 0 amide bonds. The Bertz CT molecular complexity index is 1420. The van der Waals surface area contributed by atoms with Gasteiger partial charge in [0.25, 0.3) is 0 Å². The number of rotatable bonds is 6. The van der Waals surface area contributed by atoms with Crippen LogP contribution in [0.15, 0.2) is 41.5 Å². The number of benzene rings is 1. The average Bonchev–Trinajstić information content (AvgIpc) is 2.93. The highest BCUT2D eigenvalue weighted by atomic mass is 28.4. The van der Waals surface area contributed by atoms with E-state index in [9.17, 15) is 19.5 Å². The van der Waals surface area contributed by atoms with E-state index in [1.807, 2.05) is 19.9 Å². The van der Waals surface area contributed by atoms with Gasteiger partial charge < -0.3 is 28.5 Å². The van der Waals surface area contributed by atoms with Gasteiger partial charge in [-0.15, -0.1) is 0 Å². The summed E-state index contributed by atoms with van der Waals surface area (Å²) in [5, 5.41) is 12.6. The fraction of sp³-hybridized carbons (Fsp3) is 0.694. The predicted molar refractivity (Wildman–Crippen MR) is 174 cm³/mol. The van der Waals surface area contributed by atoms with Crippen molar-refractivity contribution >= 4 is 26.2 Å². The number of hydrogen-bond donors (Lipinski definition) is 1. The van der Waals surface area contributed by atoms with Crippen LogP contribution in [-0.2, 0) is 33.0 Å². The highest BCUT2D eigenvalue weighted by molar-refractivity contribution is 6.69. The van der Waals surface area contributed by atoms with Gasteiger partial charge in [-0.2, -0.15) is 0 Å². The summed E-state index contributed by atoms with van der Waals surface area (Å²) in [6.45, 7) is 21.5. The van der Waals surface area contributed by atoms with Gasteiger partial charge in [-0.1, -0.05) is 52.8 Å². The summed E-state index contributed by atoms with van der Waals surface area (Å²) in [5.74, 6) is -2.42. The van der Waals surface area contributed by atoms with Gasteiger partial charge >= 0.3 is 17.9 Å². The van der Waals surface area contributed by atoms with Crippen LogP contribution in [0.25, 0.3) is 0 Å². The summed E-state index contributed by atoms with van der Waals surface area (Å²) in [6.07, 6.45) is -2.94. The van der Waals surface area contributed by atoms with E-state index < -0.39 is 78.4 Å². The van der Waals surface area contributed by atoms with Crippen LogP contribution in [0.3, 0.4) is 0 Å². The van der Waals surface area contributed by atoms with Crippen LogP contribution in [0, 0.1) is 28.1 Å². The van der Waals surface area contributed by atoms with Gasteiger partial charge in [0, 0.05) is 24.7 Å². The van der Waals surface area contributed by atoms with Gasteiger partial charge in [-0.25, -0.2) is 4.79 Å². The minimum absolute atomic E-state index is 0.0968. The maximum absolute atomic E-state index is 14.2. The van der Waals surface area contributed by atoms with Crippen LogP contribution in [0.4, 0.5) is 0 Å². The molecule has 46 heavy (non-hydrogen) atoms. The zero-order chi connectivity index (χ0) is 34.2. The van der Waals surface area contributed by atoms with Gasteiger partial charge in [0.1, 0.15) is 24.4 Å². The molecule has 10 atom stereocenters. The summed E-state index contributed by atoms with van der Waals surface area (Å²) in [5.41, 5.74) is -1.78. The normalized spacial score (nSPS) is 39.9. The van der Waals surface area contributed by atoms with E-state index in [0.717, 1.165) is 11.1 Å².